The molecule has 0 radical (unpaired) electrons. The molecular formula is C12H28N2. The molecule has 0 spiro atoms. The summed E-state index contributed by atoms with van der Waals surface area (Å²) in [5.41, 5.74) is 0. The Morgan fingerprint density at radius 3 is 2.43 bits per heavy atom. The van der Waals surface area contributed by atoms with Gasteiger partial charge in [-0.05, 0) is 38.5 Å². The molecule has 0 aromatic heterocycles. The van der Waals surface area contributed by atoms with Crippen molar-refractivity contribution in [1.82, 2.24) is 10.2 Å². The first-order valence-electron chi connectivity index (χ1n) is 6.17. The lowest BCUT2D eigenvalue weighted by Gasteiger charge is -2.24. The quantitative estimate of drug-likeness (QED) is 0.614. The van der Waals surface area contributed by atoms with Crippen LogP contribution in [0.4, 0.5) is 0 Å². The van der Waals surface area contributed by atoms with Crippen LogP contribution in [-0.2, 0) is 0 Å². The van der Waals surface area contributed by atoms with Crippen LogP contribution in [0.15, 0.2) is 0 Å². The van der Waals surface area contributed by atoms with Crippen molar-refractivity contribution in [2.24, 2.45) is 5.92 Å². The Labute approximate surface area is 90.1 Å². The standard InChI is InChI=1S/C12H28N2/c1-5-8-9-14(7-3)11-12(4)10-13-6-2/h12-13H,5-11H2,1-4H3. The first-order chi connectivity index (χ1) is 6.74. The van der Waals surface area contributed by atoms with Crippen molar-refractivity contribution in [2.45, 2.75) is 40.5 Å². The SMILES string of the molecule is CCCCN(CC)CC(C)CNCC. The Balaban J connectivity index is 3.57. The van der Waals surface area contributed by atoms with Crippen LogP contribution in [0.3, 0.4) is 0 Å². The highest BCUT2D eigenvalue weighted by Gasteiger charge is 2.07. The van der Waals surface area contributed by atoms with Crippen LogP contribution in [0.25, 0.3) is 0 Å². The molecule has 14 heavy (non-hydrogen) atoms. The Morgan fingerprint density at radius 1 is 1.21 bits per heavy atom. The lowest BCUT2D eigenvalue weighted by atomic mass is 10.1. The van der Waals surface area contributed by atoms with E-state index in [1.165, 1.54) is 32.5 Å². The van der Waals surface area contributed by atoms with E-state index in [1.54, 1.807) is 0 Å². The van der Waals surface area contributed by atoms with Crippen molar-refractivity contribution < 1.29 is 0 Å². The summed E-state index contributed by atoms with van der Waals surface area (Å²) in [7, 11) is 0. The van der Waals surface area contributed by atoms with Crippen LogP contribution in [-0.4, -0.2) is 37.6 Å². The van der Waals surface area contributed by atoms with Crippen molar-refractivity contribution in [3.05, 3.63) is 0 Å². The van der Waals surface area contributed by atoms with E-state index in [0.717, 1.165) is 19.0 Å². The maximum atomic E-state index is 3.41. The average molecular weight is 200 g/mol. The van der Waals surface area contributed by atoms with E-state index in [9.17, 15) is 0 Å². The van der Waals surface area contributed by atoms with Crippen molar-refractivity contribution in [1.29, 1.82) is 0 Å². The molecule has 1 atom stereocenters. The highest BCUT2D eigenvalue weighted by Crippen LogP contribution is 2.01. The molecule has 0 amide bonds. The van der Waals surface area contributed by atoms with Gasteiger partial charge >= 0.3 is 0 Å². The summed E-state index contributed by atoms with van der Waals surface area (Å²) < 4.78 is 0. The molecule has 0 aliphatic carbocycles. The highest BCUT2D eigenvalue weighted by atomic mass is 15.1. The minimum Gasteiger partial charge on any atom is -0.317 e. The van der Waals surface area contributed by atoms with Gasteiger partial charge in [0.25, 0.3) is 0 Å². The predicted molar refractivity (Wildman–Crippen MR) is 64.7 cm³/mol. The van der Waals surface area contributed by atoms with E-state index in [0.29, 0.717) is 0 Å². The number of nitrogens with one attached hydrogen (secondary N) is 1. The second-order valence-electron chi connectivity index (χ2n) is 4.16. The van der Waals surface area contributed by atoms with Gasteiger partial charge in [-0.3, -0.25) is 0 Å². The van der Waals surface area contributed by atoms with Crippen LogP contribution < -0.4 is 5.32 Å². The lowest BCUT2D eigenvalue weighted by Crippen LogP contribution is -2.33. The third kappa shape index (κ3) is 7.34. The topological polar surface area (TPSA) is 15.3 Å². The second kappa shape index (κ2) is 9.47. The molecule has 0 aliphatic heterocycles. The largest absolute Gasteiger partial charge is 0.317 e. The van der Waals surface area contributed by atoms with Gasteiger partial charge in [0.2, 0.25) is 0 Å². The average Bonchev–Trinajstić information content (AvgIpc) is 2.21. The molecule has 0 saturated heterocycles. The minimum absolute atomic E-state index is 0.770. The summed E-state index contributed by atoms with van der Waals surface area (Å²) in [6.45, 7) is 15.0. The minimum atomic E-state index is 0.770. The van der Waals surface area contributed by atoms with Gasteiger partial charge in [-0.25, -0.2) is 0 Å². The fraction of sp³-hybridized carbons (Fsp3) is 1.00. The van der Waals surface area contributed by atoms with E-state index < -0.39 is 0 Å². The molecule has 0 aliphatic rings. The third-order valence-corrected chi connectivity index (χ3v) is 2.59. The molecule has 0 rings (SSSR count). The zero-order valence-electron chi connectivity index (χ0n) is 10.5. The normalized spacial score (nSPS) is 13.5. The summed E-state index contributed by atoms with van der Waals surface area (Å²) >= 11 is 0. The van der Waals surface area contributed by atoms with Crippen LogP contribution in [0, 0.1) is 5.92 Å². The molecule has 2 nitrogen and oxygen atoms in total. The van der Waals surface area contributed by atoms with Gasteiger partial charge in [0, 0.05) is 6.54 Å². The van der Waals surface area contributed by atoms with Gasteiger partial charge in [0.15, 0.2) is 0 Å². The van der Waals surface area contributed by atoms with E-state index in [-0.39, 0.29) is 0 Å². The second-order valence-corrected chi connectivity index (χ2v) is 4.16. The van der Waals surface area contributed by atoms with Gasteiger partial charge < -0.3 is 10.2 Å². The smallest absolute Gasteiger partial charge is 0.00190 e. The van der Waals surface area contributed by atoms with Crippen molar-refractivity contribution >= 4 is 0 Å². The van der Waals surface area contributed by atoms with Gasteiger partial charge in [-0.15, -0.1) is 0 Å². The third-order valence-electron chi connectivity index (χ3n) is 2.59. The van der Waals surface area contributed by atoms with Crippen LogP contribution >= 0.6 is 0 Å². The van der Waals surface area contributed by atoms with Crippen molar-refractivity contribution in [3.63, 3.8) is 0 Å². The number of nitrogens with zero attached hydrogens (tertiary/aromatic N) is 1. The molecule has 0 heterocycles. The summed E-state index contributed by atoms with van der Waals surface area (Å²) in [4.78, 5) is 2.56. The number of hydrogen-bond donors (Lipinski definition) is 1. The van der Waals surface area contributed by atoms with Crippen molar-refractivity contribution in [3.8, 4) is 0 Å². The maximum Gasteiger partial charge on any atom is 0.00190 e. The number of hydrogen-bond acceptors (Lipinski definition) is 2. The Morgan fingerprint density at radius 2 is 1.93 bits per heavy atom. The zero-order chi connectivity index (χ0) is 10.8. The molecule has 1 unspecified atom stereocenters. The van der Waals surface area contributed by atoms with Gasteiger partial charge in [0.1, 0.15) is 0 Å². The molecule has 1 N–H and O–H groups in total. The van der Waals surface area contributed by atoms with Gasteiger partial charge in [-0.1, -0.05) is 34.1 Å². The fourth-order valence-electron chi connectivity index (χ4n) is 1.66. The van der Waals surface area contributed by atoms with E-state index >= 15 is 0 Å². The van der Waals surface area contributed by atoms with E-state index in [2.05, 4.69) is 37.9 Å². The Hall–Kier alpha value is -0.0800. The predicted octanol–water partition coefficient (Wildman–Crippen LogP) is 2.35. The summed E-state index contributed by atoms with van der Waals surface area (Å²) in [6, 6.07) is 0. The van der Waals surface area contributed by atoms with Crippen LogP contribution in [0.1, 0.15) is 40.5 Å². The number of unbranched alkanes of at least 4 members (excludes halogenated alkanes) is 1. The monoisotopic (exact) mass is 200 g/mol. The molecule has 2 heteroatoms. The first kappa shape index (κ1) is 13.9. The molecule has 0 aromatic carbocycles. The van der Waals surface area contributed by atoms with Crippen LogP contribution in [0.2, 0.25) is 0 Å². The Kier molecular flexibility index (Phi) is 9.42. The van der Waals surface area contributed by atoms with Gasteiger partial charge in [-0.2, -0.15) is 0 Å². The molecule has 0 fully saturated rings. The van der Waals surface area contributed by atoms with Crippen molar-refractivity contribution in [2.75, 3.05) is 32.7 Å². The van der Waals surface area contributed by atoms with E-state index in [4.69, 9.17) is 0 Å². The molecule has 86 valence electrons. The fourth-order valence-corrected chi connectivity index (χ4v) is 1.66. The molecule has 0 saturated carbocycles. The maximum absolute atomic E-state index is 3.41. The van der Waals surface area contributed by atoms with Crippen LogP contribution in [0.5, 0.6) is 0 Å². The lowest BCUT2D eigenvalue weighted by molar-refractivity contribution is 0.242. The number of rotatable bonds is 9. The van der Waals surface area contributed by atoms with Gasteiger partial charge in [0.05, 0.1) is 0 Å². The molecule has 0 aromatic rings. The van der Waals surface area contributed by atoms with E-state index in [1.807, 2.05) is 0 Å². The summed E-state index contributed by atoms with van der Waals surface area (Å²) in [5.74, 6) is 0.770. The Bertz CT molecular complexity index is 115. The first-order valence-corrected chi connectivity index (χ1v) is 6.17. The highest BCUT2D eigenvalue weighted by molar-refractivity contribution is 4.63. The summed E-state index contributed by atoms with van der Waals surface area (Å²) in [6.07, 6.45) is 2.64. The molecule has 0 bridgehead atoms. The summed E-state index contributed by atoms with van der Waals surface area (Å²) in [5, 5.41) is 3.41. The zero-order valence-corrected chi connectivity index (χ0v) is 10.5. The molecular weight excluding hydrogens is 172 g/mol.